The summed E-state index contributed by atoms with van der Waals surface area (Å²) in [5.41, 5.74) is 0. The van der Waals surface area contributed by atoms with Crippen molar-refractivity contribution in [3.05, 3.63) is 0 Å². The molecule has 2 saturated heterocycles. The lowest BCUT2D eigenvalue weighted by Crippen LogP contribution is -2.51. The Morgan fingerprint density at radius 1 is 1.20 bits per heavy atom. The fourth-order valence-electron chi connectivity index (χ4n) is 3.62. The Morgan fingerprint density at radius 3 is 2.80 bits per heavy atom. The molecule has 3 atom stereocenters. The quantitative estimate of drug-likeness (QED) is 0.798. The lowest BCUT2D eigenvalue weighted by Gasteiger charge is -2.40. The number of ether oxygens (including phenoxy) is 1. The van der Waals surface area contributed by atoms with Crippen LogP contribution in [-0.2, 0) is 4.74 Å². The molecule has 0 aromatic heterocycles. The van der Waals surface area contributed by atoms with Crippen molar-refractivity contribution < 1.29 is 4.74 Å². The molecule has 1 N–H and O–H groups in total. The van der Waals surface area contributed by atoms with Crippen LogP contribution in [0.4, 0.5) is 0 Å². The minimum atomic E-state index is 0.414. The molecular formula is C16H33N3O. The number of hydrogen-bond acceptors (Lipinski definition) is 4. The monoisotopic (exact) mass is 283 g/mol. The Hall–Kier alpha value is -0.160. The Kier molecular flexibility index (Phi) is 6.75. The SMILES string of the molecule is CCNC(C)C1CCCN(CC2CN(CC)CCO2)C1. The van der Waals surface area contributed by atoms with Crippen molar-refractivity contribution in [3.8, 4) is 0 Å². The van der Waals surface area contributed by atoms with Crippen LogP contribution in [0.2, 0.25) is 0 Å². The van der Waals surface area contributed by atoms with E-state index in [1.807, 2.05) is 0 Å². The highest BCUT2D eigenvalue weighted by molar-refractivity contribution is 4.83. The topological polar surface area (TPSA) is 27.7 Å². The van der Waals surface area contributed by atoms with Crippen LogP contribution in [0.25, 0.3) is 0 Å². The normalized spacial score (nSPS) is 31.4. The number of rotatable bonds is 6. The molecule has 0 aromatic carbocycles. The van der Waals surface area contributed by atoms with Crippen molar-refractivity contribution in [1.29, 1.82) is 0 Å². The van der Waals surface area contributed by atoms with E-state index in [-0.39, 0.29) is 0 Å². The lowest BCUT2D eigenvalue weighted by molar-refractivity contribution is -0.0470. The number of piperidine rings is 1. The first kappa shape index (κ1) is 16.2. The van der Waals surface area contributed by atoms with Gasteiger partial charge >= 0.3 is 0 Å². The van der Waals surface area contributed by atoms with Crippen molar-refractivity contribution in [3.63, 3.8) is 0 Å². The molecule has 3 unspecified atom stereocenters. The van der Waals surface area contributed by atoms with E-state index in [4.69, 9.17) is 4.74 Å². The summed E-state index contributed by atoms with van der Waals surface area (Å²) in [6.45, 7) is 15.7. The van der Waals surface area contributed by atoms with E-state index in [1.165, 1.54) is 25.9 Å². The highest BCUT2D eigenvalue weighted by Gasteiger charge is 2.27. The zero-order valence-electron chi connectivity index (χ0n) is 13.6. The molecule has 0 bridgehead atoms. The maximum Gasteiger partial charge on any atom is 0.0829 e. The third-order valence-corrected chi connectivity index (χ3v) is 4.91. The van der Waals surface area contributed by atoms with Crippen LogP contribution in [-0.4, -0.2) is 74.4 Å². The van der Waals surface area contributed by atoms with Crippen molar-refractivity contribution in [2.75, 3.05) is 52.4 Å². The largest absolute Gasteiger partial charge is 0.374 e. The summed E-state index contributed by atoms with van der Waals surface area (Å²) in [4.78, 5) is 5.14. The standard InChI is InChI=1S/C16H33N3O/c1-4-17-14(3)15-7-6-8-19(11-15)13-16-12-18(5-2)9-10-20-16/h14-17H,4-13H2,1-3H3. The van der Waals surface area contributed by atoms with E-state index in [0.717, 1.165) is 45.2 Å². The number of nitrogens with zero attached hydrogens (tertiary/aromatic N) is 2. The number of hydrogen-bond donors (Lipinski definition) is 1. The Bertz CT molecular complexity index is 274. The molecule has 2 rings (SSSR count). The van der Waals surface area contributed by atoms with Crippen LogP contribution in [0.1, 0.15) is 33.6 Å². The van der Waals surface area contributed by atoms with Crippen LogP contribution in [0.5, 0.6) is 0 Å². The minimum absolute atomic E-state index is 0.414. The molecule has 0 aliphatic carbocycles. The smallest absolute Gasteiger partial charge is 0.0829 e. The second-order valence-electron chi connectivity index (χ2n) is 6.39. The van der Waals surface area contributed by atoms with E-state index in [2.05, 4.69) is 35.9 Å². The lowest BCUT2D eigenvalue weighted by atomic mass is 9.91. The van der Waals surface area contributed by atoms with Gasteiger partial charge in [-0.15, -0.1) is 0 Å². The second kappa shape index (κ2) is 8.32. The molecule has 2 fully saturated rings. The molecule has 0 saturated carbocycles. The van der Waals surface area contributed by atoms with Crippen LogP contribution in [0, 0.1) is 5.92 Å². The number of likely N-dealkylation sites (tertiary alicyclic amines) is 1. The van der Waals surface area contributed by atoms with Gasteiger partial charge in [-0.1, -0.05) is 13.8 Å². The highest BCUT2D eigenvalue weighted by Crippen LogP contribution is 2.20. The van der Waals surface area contributed by atoms with Gasteiger partial charge in [0.1, 0.15) is 0 Å². The Labute approximate surface area is 124 Å². The Balaban J connectivity index is 1.77. The molecule has 0 amide bonds. The van der Waals surface area contributed by atoms with Crippen molar-refractivity contribution in [1.82, 2.24) is 15.1 Å². The van der Waals surface area contributed by atoms with Gasteiger partial charge in [-0.3, -0.25) is 4.90 Å². The number of nitrogens with one attached hydrogen (secondary N) is 1. The first-order valence-electron chi connectivity index (χ1n) is 8.52. The first-order valence-corrected chi connectivity index (χ1v) is 8.52. The number of likely N-dealkylation sites (N-methyl/N-ethyl adjacent to an activating group) is 1. The molecule has 0 spiro atoms. The molecular weight excluding hydrogens is 250 g/mol. The molecule has 20 heavy (non-hydrogen) atoms. The van der Waals surface area contributed by atoms with Crippen LogP contribution >= 0.6 is 0 Å². The van der Waals surface area contributed by atoms with Crippen LogP contribution < -0.4 is 5.32 Å². The summed E-state index contributed by atoms with van der Waals surface area (Å²) >= 11 is 0. The van der Waals surface area contributed by atoms with Gasteiger partial charge < -0.3 is 15.0 Å². The van der Waals surface area contributed by atoms with Gasteiger partial charge in [0.05, 0.1) is 12.7 Å². The van der Waals surface area contributed by atoms with E-state index in [1.54, 1.807) is 0 Å². The molecule has 4 heteroatoms. The molecule has 0 radical (unpaired) electrons. The summed E-state index contributed by atoms with van der Waals surface area (Å²) in [7, 11) is 0. The molecule has 0 aromatic rings. The fraction of sp³-hybridized carbons (Fsp3) is 1.00. The number of morpholine rings is 1. The van der Waals surface area contributed by atoms with Crippen LogP contribution in [0.3, 0.4) is 0 Å². The summed E-state index contributed by atoms with van der Waals surface area (Å²) in [5.74, 6) is 0.801. The highest BCUT2D eigenvalue weighted by atomic mass is 16.5. The zero-order chi connectivity index (χ0) is 14.4. The van der Waals surface area contributed by atoms with Gasteiger partial charge in [-0.2, -0.15) is 0 Å². The van der Waals surface area contributed by atoms with E-state index in [0.29, 0.717) is 12.1 Å². The van der Waals surface area contributed by atoms with Gasteiger partial charge in [-0.25, -0.2) is 0 Å². The first-order chi connectivity index (χ1) is 9.72. The zero-order valence-corrected chi connectivity index (χ0v) is 13.6. The summed E-state index contributed by atoms with van der Waals surface area (Å²) in [6.07, 6.45) is 3.12. The van der Waals surface area contributed by atoms with Crippen LogP contribution in [0.15, 0.2) is 0 Å². The molecule has 2 aliphatic rings. The molecule has 4 nitrogen and oxygen atoms in total. The van der Waals surface area contributed by atoms with Crippen molar-refractivity contribution in [2.24, 2.45) is 5.92 Å². The van der Waals surface area contributed by atoms with Gasteiger partial charge in [0.15, 0.2) is 0 Å². The maximum absolute atomic E-state index is 5.96. The predicted molar refractivity (Wildman–Crippen MR) is 84.2 cm³/mol. The molecule has 2 aliphatic heterocycles. The van der Waals surface area contributed by atoms with Gasteiger partial charge in [-0.05, 0) is 45.3 Å². The summed E-state index contributed by atoms with van der Waals surface area (Å²) < 4.78 is 5.96. The van der Waals surface area contributed by atoms with Crippen molar-refractivity contribution >= 4 is 0 Å². The third-order valence-electron chi connectivity index (χ3n) is 4.91. The van der Waals surface area contributed by atoms with Gasteiger partial charge in [0.2, 0.25) is 0 Å². The summed E-state index contributed by atoms with van der Waals surface area (Å²) in [5, 5.41) is 3.59. The average Bonchev–Trinajstić information content (AvgIpc) is 2.48. The second-order valence-corrected chi connectivity index (χ2v) is 6.39. The molecule has 118 valence electrons. The minimum Gasteiger partial charge on any atom is -0.374 e. The van der Waals surface area contributed by atoms with E-state index < -0.39 is 0 Å². The van der Waals surface area contributed by atoms with E-state index in [9.17, 15) is 0 Å². The fourth-order valence-corrected chi connectivity index (χ4v) is 3.62. The third kappa shape index (κ3) is 4.69. The summed E-state index contributed by atoms with van der Waals surface area (Å²) in [6, 6.07) is 0.641. The average molecular weight is 283 g/mol. The van der Waals surface area contributed by atoms with Crippen molar-refractivity contribution in [2.45, 2.75) is 45.8 Å². The molecule has 2 heterocycles. The Morgan fingerprint density at radius 2 is 2.05 bits per heavy atom. The van der Waals surface area contributed by atoms with E-state index >= 15 is 0 Å². The maximum atomic E-state index is 5.96. The van der Waals surface area contributed by atoms with Gasteiger partial charge in [0, 0.05) is 32.2 Å². The van der Waals surface area contributed by atoms with Gasteiger partial charge in [0.25, 0.3) is 0 Å². The predicted octanol–water partition coefficient (Wildman–Crippen LogP) is 1.42.